The third-order valence-corrected chi connectivity index (χ3v) is 3.01. The van der Waals surface area contributed by atoms with Gasteiger partial charge in [-0.25, -0.2) is 0 Å². The summed E-state index contributed by atoms with van der Waals surface area (Å²) >= 11 is 0. The van der Waals surface area contributed by atoms with E-state index in [0.717, 1.165) is 4.57 Å². The van der Waals surface area contributed by atoms with Gasteiger partial charge in [0, 0.05) is 19.6 Å². The van der Waals surface area contributed by atoms with Crippen LogP contribution in [0.15, 0.2) is 0 Å². The van der Waals surface area contributed by atoms with E-state index in [1.165, 1.54) is 0 Å². The Kier molecular flexibility index (Phi) is 3.73. The average molecular weight is 274 g/mol. The van der Waals surface area contributed by atoms with Gasteiger partial charge in [-0.3, -0.25) is 4.90 Å². The molecule has 1 aliphatic rings. The van der Waals surface area contributed by atoms with Crippen molar-refractivity contribution in [1.29, 1.82) is 5.26 Å². The van der Waals surface area contributed by atoms with Gasteiger partial charge in [-0.15, -0.1) is 10.2 Å². The van der Waals surface area contributed by atoms with Crippen molar-refractivity contribution in [1.82, 2.24) is 19.7 Å². The summed E-state index contributed by atoms with van der Waals surface area (Å²) in [6, 6.07) is 1.37. The van der Waals surface area contributed by atoms with Crippen molar-refractivity contribution in [3.05, 3.63) is 11.6 Å². The van der Waals surface area contributed by atoms with Crippen molar-refractivity contribution in [3.63, 3.8) is 0 Å². The number of hydrogen-bond donors (Lipinski definition) is 1. The molecule has 2 rings (SSSR count). The van der Waals surface area contributed by atoms with Gasteiger partial charge in [0.2, 0.25) is 5.82 Å². The Bertz CT molecular complexity index is 488. The predicted molar refractivity (Wildman–Crippen MR) is 58.5 cm³/mol. The van der Waals surface area contributed by atoms with Crippen LogP contribution in [-0.4, -0.2) is 38.8 Å². The van der Waals surface area contributed by atoms with Crippen LogP contribution < -0.4 is 5.73 Å². The molecule has 1 aliphatic heterocycles. The molecule has 0 aromatic carbocycles. The Balaban J connectivity index is 2.02. The standard InChI is InChI=1S/C10H13F3N6/c11-10(12,13)9-17-16-8-6-18(3-4-19(8)9)2-1-7(15)5-14/h7H,1-4,6,15H2. The Labute approximate surface area is 107 Å². The molecule has 6 nitrogen and oxygen atoms in total. The molecular formula is C10H13F3N6. The van der Waals surface area contributed by atoms with Crippen LogP contribution in [0.2, 0.25) is 0 Å². The van der Waals surface area contributed by atoms with E-state index in [2.05, 4.69) is 10.2 Å². The number of fused-ring (bicyclic) bond motifs is 1. The average Bonchev–Trinajstić information content (AvgIpc) is 2.78. The maximum atomic E-state index is 12.6. The van der Waals surface area contributed by atoms with Gasteiger partial charge in [0.25, 0.3) is 0 Å². The van der Waals surface area contributed by atoms with Crippen LogP contribution in [0.3, 0.4) is 0 Å². The lowest BCUT2D eigenvalue weighted by Crippen LogP contribution is -2.37. The molecule has 1 atom stereocenters. The van der Waals surface area contributed by atoms with Crippen LogP contribution in [0.25, 0.3) is 0 Å². The molecule has 0 radical (unpaired) electrons. The molecule has 0 aliphatic carbocycles. The van der Waals surface area contributed by atoms with Gasteiger partial charge < -0.3 is 10.3 Å². The molecule has 2 heterocycles. The van der Waals surface area contributed by atoms with Crippen molar-refractivity contribution in [3.8, 4) is 6.07 Å². The van der Waals surface area contributed by atoms with E-state index >= 15 is 0 Å². The molecule has 1 aromatic heterocycles. The summed E-state index contributed by atoms with van der Waals surface area (Å²) in [4.78, 5) is 1.92. The van der Waals surface area contributed by atoms with Crippen LogP contribution in [0.5, 0.6) is 0 Å². The highest BCUT2D eigenvalue weighted by molar-refractivity contribution is 5.02. The van der Waals surface area contributed by atoms with E-state index in [4.69, 9.17) is 11.0 Å². The largest absolute Gasteiger partial charge is 0.451 e. The fraction of sp³-hybridized carbons (Fsp3) is 0.700. The first-order chi connectivity index (χ1) is 8.91. The van der Waals surface area contributed by atoms with Crippen molar-refractivity contribution < 1.29 is 13.2 Å². The van der Waals surface area contributed by atoms with Gasteiger partial charge in [0.1, 0.15) is 5.82 Å². The second kappa shape index (κ2) is 5.14. The third kappa shape index (κ3) is 3.02. The van der Waals surface area contributed by atoms with Crippen LogP contribution in [-0.2, 0) is 19.3 Å². The molecule has 1 unspecified atom stereocenters. The highest BCUT2D eigenvalue weighted by atomic mass is 19.4. The van der Waals surface area contributed by atoms with E-state index in [1.807, 2.05) is 11.0 Å². The zero-order valence-corrected chi connectivity index (χ0v) is 10.1. The lowest BCUT2D eigenvalue weighted by atomic mass is 10.2. The molecule has 0 saturated carbocycles. The maximum absolute atomic E-state index is 12.6. The smallest absolute Gasteiger partial charge is 0.316 e. The molecule has 0 bridgehead atoms. The summed E-state index contributed by atoms with van der Waals surface area (Å²) in [6.45, 7) is 1.51. The Morgan fingerprint density at radius 3 is 2.74 bits per heavy atom. The highest BCUT2D eigenvalue weighted by Gasteiger charge is 2.39. The number of hydrogen-bond acceptors (Lipinski definition) is 5. The number of alkyl halides is 3. The van der Waals surface area contributed by atoms with E-state index in [9.17, 15) is 13.2 Å². The van der Waals surface area contributed by atoms with Gasteiger partial charge in [0.15, 0.2) is 0 Å². The number of aromatic nitrogens is 3. The topological polar surface area (TPSA) is 83.8 Å². The Hall–Kier alpha value is -1.66. The number of nitriles is 1. The first-order valence-corrected chi connectivity index (χ1v) is 5.78. The normalized spacial score (nSPS) is 17.8. The summed E-state index contributed by atoms with van der Waals surface area (Å²) in [7, 11) is 0. The van der Waals surface area contributed by atoms with Gasteiger partial charge >= 0.3 is 6.18 Å². The van der Waals surface area contributed by atoms with Crippen LogP contribution >= 0.6 is 0 Å². The summed E-state index contributed by atoms with van der Waals surface area (Å²) in [5, 5.41) is 15.3. The zero-order chi connectivity index (χ0) is 14.0. The molecular weight excluding hydrogens is 261 g/mol. The first-order valence-electron chi connectivity index (χ1n) is 5.78. The lowest BCUT2D eigenvalue weighted by molar-refractivity contribution is -0.148. The summed E-state index contributed by atoms with van der Waals surface area (Å²) in [5.74, 6) is -0.653. The molecule has 0 fully saturated rings. The monoisotopic (exact) mass is 274 g/mol. The number of nitrogens with zero attached hydrogens (tertiary/aromatic N) is 5. The third-order valence-electron chi connectivity index (χ3n) is 3.01. The van der Waals surface area contributed by atoms with Crippen LogP contribution in [0.1, 0.15) is 18.1 Å². The number of nitrogens with two attached hydrogens (primary N) is 1. The van der Waals surface area contributed by atoms with Crippen molar-refractivity contribution >= 4 is 0 Å². The quantitative estimate of drug-likeness (QED) is 0.860. The SMILES string of the molecule is N#CC(N)CCN1CCn2c(nnc2C(F)(F)F)C1. The number of halogens is 3. The lowest BCUT2D eigenvalue weighted by Gasteiger charge is -2.28. The van der Waals surface area contributed by atoms with Gasteiger partial charge in [-0.2, -0.15) is 18.4 Å². The van der Waals surface area contributed by atoms with Crippen LogP contribution in [0, 0.1) is 11.3 Å². The van der Waals surface area contributed by atoms with Crippen LogP contribution in [0.4, 0.5) is 13.2 Å². The molecule has 0 amide bonds. The molecule has 104 valence electrons. The number of rotatable bonds is 3. The molecule has 19 heavy (non-hydrogen) atoms. The van der Waals surface area contributed by atoms with Gasteiger partial charge in [-0.1, -0.05) is 0 Å². The molecule has 0 saturated heterocycles. The minimum atomic E-state index is -4.48. The van der Waals surface area contributed by atoms with Crippen molar-refractivity contribution in [2.45, 2.75) is 31.7 Å². The van der Waals surface area contributed by atoms with E-state index in [-0.39, 0.29) is 6.54 Å². The van der Waals surface area contributed by atoms with E-state index < -0.39 is 18.0 Å². The Morgan fingerprint density at radius 2 is 2.11 bits per heavy atom. The second-order valence-electron chi connectivity index (χ2n) is 4.39. The first kappa shape index (κ1) is 13.8. The fourth-order valence-electron chi connectivity index (χ4n) is 1.99. The summed E-state index contributed by atoms with van der Waals surface area (Å²) < 4.78 is 38.9. The van der Waals surface area contributed by atoms with Crippen molar-refractivity contribution in [2.24, 2.45) is 5.73 Å². The van der Waals surface area contributed by atoms with Gasteiger partial charge in [-0.05, 0) is 6.42 Å². The summed E-state index contributed by atoms with van der Waals surface area (Å²) in [5.41, 5.74) is 5.48. The second-order valence-corrected chi connectivity index (χ2v) is 4.39. The Morgan fingerprint density at radius 1 is 1.37 bits per heavy atom. The molecule has 1 aromatic rings. The van der Waals surface area contributed by atoms with E-state index in [0.29, 0.717) is 31.9 Å². The van der Waals surface area contributed by atoms with Crippen molar-refractivity contribution in [2.75, 3.05) is 13.1 Å². The predicted octanol–water partition coefficient (Wildman–Crippen LogP) is 0.353. The molecule has 0 spiro atoms. The minimum Gasteiger partial charge on any atom is -0.316 e. The maximum Gasteiger partial charge on any atom is 0.451 e. The minimum absolute atomic E-state index is 0.193. The fourth-order valence-corrected chi connectivity index (χ4v) is 1.99. The zero-order valence-electron chi connectivity index (χ0n) is 10.1. The molecule has 2 N–H and O–H groups in total. The molecule has 9 heteroatoms. The highest BCUT2D eigenvalue weighted by Crippen LogP contribution is 2.29. The van der Waals surface area contributed by atoms with E-state index in [1.54, 1.807) is 0 Å². The van der Waals surface area contributed by atoms with Gasteiger partial charge in [0.05, 0.1) is 18.7 Å². The summed E-state index contributed by atoms with van der Waals surface area (Å²) in [6.07, 6.45) is -3.99.